The second kappa shape index (κ2) is 14.6. The van der Waals surface area contributed by atoms with Crippen LogP contribution in [0.1, 0.15) is 80.3 Å². The van der Waals surface area contributed by atoms with E-state index in [2.05, 4.69) is 34.8 Å². The number of carbonyl (C=O) groups excluding carboxylic acids is 4. The van der Waals surface area contributed by atoms with Crippen LogP contribution in [0.15, 0.2) is 66.7 Å². The molecule has 3 aromatic carbocycles. The molecule has 11 nitrogen and oxygen atoms in total. The number of H-pyrrole nitrogens is 1. The molecule has 2 aliphatic carbocycles. The number of methoxy groups -OCH3 is 1. The third-order valence-corrected chi connectivity index (χ3v) is 10.0. The van der Waals surface area contributed by atoms with Crippen LogP contribution in [0.2, 0.25) is 0 Å². The number of nitrogens with one attached hydrogen (secondary N) is 4. The summed E-state index contributed by atoms with van der Waals surface area (Å²) >= 11 is 0. The molecule has 4 aromatic rings. The van der Waals surface area contributed by atoms with Gasteiger partial charge < -0.3 is 29.8 Å². The molecule has 2 heterocycles. The highest BCUT2D eigenvalue weighted by Gasteiger charge is 2.37. The highest BCUT2D eigenvalue weighted by molar-refractivity contribution is 5.94. The van der Waals surface area contributed by atoms with Crippen LogP contribution in [0.5, 0.6) is 5.75 Å². The zero-order valence-corrected chi connectivity index (χ0v) is 29.1. The first-order valence-corrected chi connectivity index (χ1v) is 17.8. The third-order valence-electron chi connectivity index (χ3n) is 10.0. The summed E-state index contributed by atoms with van der Waals surface area (Å²) in [6.07, 6.45) is 1.96. The van der Waals surface area contributed by atoms with Gasteiger partial charge in [-0.1, -0.05) is 62.4 Å². The van der Waals surface area contributed by atoms with Crippen LogP contribution >= 0.6 is 0 Å². The molecule has 0 spiro atoms. The fourth-order valence-electron chi connectivity index (χ4n) is 7.37. The van der Waals surface area contributed by atoms with E-state index in [1.165, 1.54) is 0 Å². The number of carbonyl (C=O) groups is 4. The van der Waals surface area contributed by atoms with Gasteiger partial charge in [0.15, 0.2) is 0 Å². The average Bonchev–Trinajstić information content (AvgIpc) is 3.77. The number of amides is 2. The largest absolute Gasteiger partial charge is 0.497 e. The van der Waals surface area contributed by atoms with Crippen molar-refractivity contribution in [3.05, 3.63) is 89.1 Å². The SMILES string of the molecule is COc1ccc2c3c([nH]c2c1)C(CC(C)C)NC(C(=O)OC(=O)C(CCC(=O)NC1CC1)NC(=O)OCC1c2ccccc2-c2ccccc21)C3. The van der Waals surface area contributed by atoms with E-state index in [0.717, 1.165) is 69.4 Å². The Morgan fingerprint density at radius 2 is 1.65 bits per heavy atom. The van der Waals surface area contributed by atoms with E-state index in [9.17, 15) is 19.2 Å². The maximum atomic E-state index is 13.7. The van der Waals surface area contributed by atoms with Gasteiger partial charge in [0, 0.05) is 53.5 Å². The Kier molecular flexibility index (Phi) is 9.82. The van der Waals surface area contributed by atoms with Crippen molar-refractivity contribution in [2.75, 3.05) is 13.7 Å². The van der Waals surface area contributed by atoms with E-state index >= 15 is 0 Å². The molecular weight excluding hydrogens is 648 g/mol. The monoisotopic (exact) mass is 692 g/mol. The molecule has 1 saturated carbocycles. The van der Waals surface area contributed by atoms with Crippen LogP contribution < -0.4 is 20.7 Å². The third kappa shape index (κ3) is 7.49. The van der Waals surface area contributed by atoms with Gasteiger partial charge >= 0.3 is 18.0 Å². The molecule has 266 valence electrons. The van der Waals surface area contributed by atoms with Gasteiger partial charge in [-0.05, 0) is 71.6 Å². The molecule has 3 aliphatic rings. The molecule has 51 heavy (non-hydrogen) atoms. The lowest BCUT2D eigenvalue weighted by Crippen LogP contribution is -2.49. The summed E-state index contributed by atoms with van der Waals surface area (Å²) in [5.41, 5.74) is 7.17. The van der Waals surface area contributed by atoms with Crippen molar-refractivity contribution in [3.63, 3.8) is 0 Å². The Morgan fingerprint density at radius 3 is 2.31 bits per heavy atom. The molecule has 1 fully saturated rings. The molecule has 3 unspecified atom stereocenters. The molecule has 4 N–H and O–H groups in total. The Bertz CT molecular complexity index is 1920. The van der Waals surface area contributed by atoms with Crippen molar-refractivity contribution >= 4 is 34.8 Å². The Labute approximate surface area is 296 Å². The standard InChI is InChI=1S/C40H44N4O7/c1-22(2)18-34-37-30(29-15-14-24(49-3)19-33(29)43-37)20-35(42-34)39(47)51-38(46)32(16-17-36(45)41-23-12-13-23)44-40(48)50-21-31-27-10-6-4-8-25(27)26-9-5-7-11-28(26)31/h4-11,14-15,19,22-23,31-32,34-35,42-43H,12-13,16-18,20-21H2,1-3H3,(H,41,45)(H,44,48). The lowest BCUT2D eigenvalue weighted by molar-refractivity contribution is -0.163. The van der Waals surface area contributed by atoms with Gasteiger partial charge in [-0.25, -0.2) is 14.4 Å². The van der Waals surface area contributed by atoms with Crippen molar-refractivity contribution in [2.45, 2.75) is 82.5 Å². The first-order chi connectivity index (χ1) is 24.7. The summed E-state index contributed by atoms with van der Waals surface area (Å²) < 4.78 is 16.6. The van der Waals surface area contributed by atoms with E-state index in [0.29, 0.717) is 12.3 Å². The van der Waals surface area contributed by atoms with Crippen LogP contribution in [0, 0.1) is 5.92 Å². The first kappa shape index (κ1) is 34.3. The minimum atomic E-state index is -1.28. The van der Waals surface area contributed by atoms with Crippen LogP contribution in [0.25, 0.3) is 22.0 Å². The van der Waals surface area contributed by atoms with Crippen LogP contribution in [-0.2, 0) is 30.3 Å². The molecule has 0 radical (unpaired) electrons. The highest BCUT2D eigenvalue weighted by atomic mass is 16.6. The number of aromatic amines is 1. The maximum absolute atomic E-state index is 13.7. The van der Waals surface area contributed by atoms with E-state index in [1.807, 2.05) is 66.7 Å². The molecule has 7 rings (SSSR count). The number of ether oxygens (including phenoxy) is 3. The van der Waals surface area contributed by atoms with Crippen molar-refractivity contribution in [1.29, 1.82) is 0 Å². The molecular formula is C40H44N4O7. The molecule has 11 heteroatoms. The zero-order chi connectivity index (χ0) is 35.6. The van der Waals surface area contributed by atoms with Gasteiger partial charge in [-0.3, -0.25) is 10.1 Å². The summed E-state index contributed by atoms with van der Waals surface area (Å²) in [6.45, 7) is 4.26. The summed E-state index contributed by atoms with van der Waals surface area (Å²) in [5, 5.41) is 9.87. The Morgan fingerprint density at radius 1 is 0.941 bits per heavy atom. The molecule has 1 aromatic heterocycles. The van der Waals surface area contributed by atoms with Crippen molar-refractivity contribution in [1.82, 2.24) is 20.9 Å². The minimum Gasteiger partial charge on any atom is -0.497 e. The number of rotatable bonds is 12. The fraction of sp³-hybridized carbons (Fsp3) is 0.400. The normalized spacial score (nSPS) is 18.4. The number of hydrogen-bond donors (Lipinski definition) is 4. The first-order valence-electron chi connectivity index (χ1n) is 17.8. The summed E-state index contributed by atoms with van der Waals surface area (Å²) in [4.78, 5) is 56.6. The van der Waals surface area contributed by atoms with Gasteiger partial charge in [0.05, 0.1) is 7.11 Å². The predicted octanol–water partition coefficient (Wildman–Crippen LogP) is 5.81. The lowest BCUT2D eigenvalue weighted by Gasteiger charge is -2.31. The van der Waals surface area contributed by atoms with E-state index in [1.54, 1.807) is 7.11 Å². The van der Waals surface area contributed by atoms with Gasteiger partial charge in [0.2, 0.25) is 5.91 Å². The smallest absolute Gasteiger partial charge is 0.407 e. The quantitative estimate of drug-likeness (QED) is 0.107. The van der Waals surface area contributed by atoms with Gasteiger partial charge in [0.1, 0.15) is 24.4 Å². The predicted molar refractivity (Wildman–Crippen MR) is 191 cm³/mol. The summed E-state index contributed by atoms with van der Waals surface area (Å²) in [6, 6.07) is 19.7. The molecule has 2 amide bonds. The fourth-order valence-corrected chi connectivity index (χ4v) is 7.37. The van der Waals surface area contributed by atoms with Crippen LogP contribution in [0.4, 0.5) is 4.79 Å². The van der Waals surface area contributed by atoms with E-state index in [4.69, 9.17) is 14.2 Å². The maximum Gasteiger partial charge on any atom is 0.407 e. The van der Waals surface area contributed by atoms with Crippen LogP contribution in [-0.4, -0.2) is 60.8 Å². The summed E-state index contributed by atoms with van der Waals surface area (Å²) in [5.74, 6) is -1.05. The highest BCUT2D eigenvalue weighted by Crippen LogP contribution is 2.44. The number of alkyl carbamates (subject to hydrolysis) is 1. The topological polar surface area (TPSA) is 148 Å². The van der Waals surface area contributed by atoms with Crippen molar-refractivity contribution in [3.8, 4) is 16.9 Å². The Balaban J connectivity index is 1.04. The Hall–Kier alpha value is -5.16. The number of aromatic nitrogens is 1. The van der Waals surface area contributed by atoms with E-state index < -0.39 is 30.1 Å². The van der Waals surface area contributed by atoms with Crippen molar-refractivity contribution in [2.24, 2.45) is 5.92 Å². The van der Waals surface area contributed by atoms with Gasteiger partial charge in [-0.2, -0.15) is 0 Å². The van der Waals surface area contributed by atoms with E-state index in [-0.39, 0.29) is 43.4 Å². The number of esters is 2. The molecule has 0 saturated heterocycles. The molecule has 3 atom stereocenters. The number of benzene rings is 3. The lowest BCUT2D eigenvalue weighted by atomic mass is 9.90. The molecule has 1 aliphatic heterocycles. The summed E-state index contributed by atoms with van der Waals surface area (Å²) in [7, 11) is 1.62. The minimum absolute atomic E-state index is 0.0333. The molecule has 0 bridgehead atoms. The van der Waals surface area contributed by atoms with Crippen LogP contribution in [0.3, 0.4) is 0 Å². The van der Waals surface area contributed by atoms with Gasteiger partial charge in [0.25, 0.3) is 0 Å². The number of fused-ring (bicyclic) bond motifs is 6. The second-order valence-electron chi connectivity index (χ2n) is 14.2. The average molecular weight is 693 g/mol. The second-order valence-corrected chi connectivity index (χ2v) is 14.2. The number of hydrogen-bond acceptors (Lipinski definition) is 8. The van der Waals surface area contributed by atoms with Crippen molar-refractivity contribution < 1.29 is 33.4 Å². The zero-order valence-electron chi connectivity index (χ0n) is 29.1. The van der Waals surface area contributed by atoms with Gasteiger partial charge in [-0.15, -0.1) is 0 Å².